The summed E-state index contributed by atoms with van der Waals surface area (Å²) in [5.41, 5.74) is 0.274. The molecule has 0 aliphatic heterocycles. The van der Waals surface area contributed by atoms with Crippen LogP contribution in [0.2, 0.25) is 5.02 Å². The minimum Gasteiger partial charge on any atom is -0.372 e. The van der Waals surface area contributed by atoms with Gasteiger partial charge >= 0.3 is 0 Å². The van der Waals surface area contributed by atoms with Gasteiger partial charge in [-0.05, 0) is 37.5 Å². The summed E-state index contributed by atoms with van der Waals surface area (Å²) >= 11 is 5.67. The first-order valence-corrected chi connectivity index (χ1v) is 6.77. The summed E-state index contributed by atoms with van der Waals surface area (Å²) < 4.78 is 13.6. The maximum Gasteiger partial charge on any atom is 0.242 e. The summed E-state index contributed by atoms with van der Waals surface area (Å²) in [6.45, 7) is 6.51. The summed E-state index contributed by atoms with van der Waals surface area (Å²) in [5.74, 6) is -0.0680. The number of benzene rings is 1. The molecule has 2 N–H and O–H groups in total. The van der Waals surface area contributed by atoms with E-state index in [9.17, 15) is 9.18 Å². The van der Waals surface area contributed by atoms with E-state index < -0.39 is 11.9 Å². The highest BCUT2D eigenvalue weighted by molar-refractivity contribution is 6.30. The predicted octanol–water partition coefficient (Wildman–Crippen LogP) is 3.44. The van der Waals surface area contributed by atoms with Crippen LogP contribution in [0.1, 0.15) is 27.2 Å². The molecule has 0 aromatic heterocycles. The lowest BCUT2D eigenvalue weighted by atomic mass is 10.1. The molecule has 0 bridgehead atoms. The van der Waals surface area contributed by atoms with Crippen LogP contribution in [-0.4, -0.2) is 18.5 Å². The Balaban J connectivity index is 2.49. The van der Waals surface area contributed by atoms with Gasteiger partial charge in [-0.1, -0.05) is 25.4 Å². The monoisotopic (exact) mass is 286 g/mol. The van der Waals surface area contributed by atoms with Gasteiger partial charge in [-0.3, -0.25) is 4.79 Å². The minimum absolute atomic E-state index is 0.144. The Morgan fingerprint density at radius 1 is 1.37 bits per heavy atom. The van der Waals surface area contributed by atoms with E-state index in [0.717, 1.165) is 6.42 Å². The van der Waals surface area contributed by atoms with Crippen molar-refractivity contribution in [3.05, 3.63) is 29.0 Å². The van der Waals surface area contributed by atoms with Crippen molar-refractivity contribution >= 4 is 23.2 Å². The first kappa shape index (κ1) is 15.8. The number of halogens is 2. The van der Waals surface area contributed by atoms with Gasteiger partial charge in [-0.15, -0.1) is 0 Å². The molecular weight excluding hydrogens is 267 g/mol. The SMILES string of the molecule is CC(C)CCNC(=O)C(C)Nc1ccc(Cl)cc1F. The molecule has 0 aliphatic rings. The molecule has 0 spiro atoms. The lowest BCUT2D eigenvalue weighted by molar-refractivity contribution is -0.121. The quantitative estimate of drug-likeness (QED) is 0.841. The van der Waals surface area contributed by atoms with Gasteiger partial charge in [0.25, 0.3) is 0 Å². The van der Waals surface area contributed by atoms with Crippen molar-refractivity contribution in [2.45, 2.75) is 33.2 Å². The second kappa shape index (κ2) is 7.34. The minimum atomic E-state index is -0.497. The lowest BCUT2D eigenvalue weighted by Crippen LogP contribution is -2.38. The Morgan fingerprint density at radius 2 is 2.05 bits per heavy atom. The van der Waals surface area contributed by atoms with Crippen LogP contribution in [0, 0.1) is 11.7 Å². The van der Waals surface area contributed by atoms with E-state index in [2.05, 4.69) is 24.5 Å². The third-order valence-corrected chi connectivity index (χ3v) is 2.95. The van der Waals surface area contributed by atoms with Gasteiger partial charge < -0.3 is 10.6 Å². The molecule has 0 aliphatic carbocycles. The van der Waals surface area contributed by atoms with E-state index in [4.69, 9.17) is 11.6 Å². The van der Waals surface area contributed by atoms with Gasteiger partial charge in [0.15, 0.2) is 0 Å². The molecule has 5 heteroatoms. The molecule has 1 amide bonds. The van der Waals surface area contributed by atoms with Crippen molar-refractivity contribution in [3.8, 4) is 0 Å². The normalized spacial score (nSPS) is 12.3. The van der Waals surface area contributed by atoms with Crippen LogP contribution in [0.4, 0.5) is 10.1 Å². The second-order valence-electron chi connectivity index (χ2n) is 4.96. The number of nitrogens with one attached hydrogen (secondary N) is 2. The average molecular weight is 287 g/mol. The third kappa shape index (κ3) is 5.47. The third-order valence-electron chi connectivity index (χ3n) is 2.72. The molecule has 0 fully saturated rings. The van der Waals surface area contributed by atoms with Crippen LogP contribution in [0.25, 0.3) is 0 Å². The van der Waals surface area contributed by atoms with Crippen molar-refractivity contribution in [1.29, 1.82) is 0 Å². The summed E-state index contributed by atoms with van der Waals surface area (Å²) in [6, 6.07) is 3.82. The zero-order valence-electron chi connectivity index (χ0n) is 11.5. The maximum absolute atomic E-state index is 13.6. The summed E-state index contributed by atoms with van der Waals surface area (Å²) in [5, 5.41) is 5.98. The van der Waals surface area contributed by atoms with Crippen molar-refractivity contribution in [2.75, 3.05) is 11.9 Å². The number of hydrogen-bond acceptors (Lipinski definition) is 2. The average Bonchev–Trinajstić information content (AvgIpc) is 2.32. The van der Waals surface area contributed by atoms with Crippen LogP contribution in [-0.2, 0) is 4.79 Å². The number of amides is 1. The zero-order valence-corrected chi connectivity index (χ0v) is 12.2. The highest BCUT2D eigenvalue weighted by Crippen LogP contribution is 2.19. The molecule has 3 nitrogen and oxygen atoms in total. The van der Waals surface area contributed by atoms with Gasteiger partial charge in [0.2, 0.25) is 5.91 Å². The summed E-state index contributed by atoms with van der Waals surface area (Å²) in [4.78, 5) is 11.8. The van der Waals surface area contributed by atoms with Crippen molar-refractivity contribution in [3.63, 3.8) is 0 Å². The molecule has 0 heterocycles. The Morgan fingerprint density at radius 3 is 2.63 bits per heavy atom. The van der Waals surface area contributed by atoms with E-state index in [-0.39, 0.29) is 11.6 Å². The number of hydrogen-bond donors (Lipinski definition) is 2. The zero-order chi connectivity index (χ0) is 14.4. The molecule has 1 aromatic carbocycles. The topological polar surface area (TPSA) is 41.1 Å². The molecule has 1 rings (SSSR count). The molecule has 0 radical (unpaired) electrons. The van der Waals surface area contributed by atoms with Crippen LogP contribution in [0.15, 0.2) is 18.2 Å². The highest BCUT2D eigenvalue weighted by Gasteiger charge is 2.14. The van der Waals surface area contributed by atoms with Crippen molar-refractivity contribution in [2.24, 2.45) is 5.92 Å². The molecular formula is C14H20ClFN2O. The van der Waals surface area contributed by atoms with E-state index in [1.165, 1.54) is 12.1 Å². The standard InChI is InChI=1S/C14H20ClFN2O/c1-9(2)6-7-17-14(19)10(3)18-13-5-4-11(15)8-12(13)16/h4-5,8-10,18H,6-7H2,1-3H3,(H,17,19). The number of carbonyl (C=O) groups excluding carboxylic acids is 1. The van der Waals surface area contributed by atoms with E-state index >= 15 is 0 Å². The molecule has 106 valence electrons. The highest BCUT2D eigenvalue weighted by atomic mass is 35.5. The van der Waals surface area contributed by atoms with Crippen molar-refractivity contribution in [1.82, 2.24) is 5.32 Å². The van der Waals surface area contributed by atoms with Gasteiger partial charge in [-0.2, -0.15) is 0 Å². The van der Waals surface area contributed by atoms with Gasteiger partial charge in [0.05, 0.1) is 5.69 Å². The maximum atomic E-state index is 13.6. The number of rotatable bonds is 6. The number of carbonyl (C=O) groups is 1. The summed E-state index contributed by atoms with van der Waals surface area (Å²) in [6.07, 6.45) is 0.924. The molecule has 1 unspecified atom stereocenters. The molecule has 0 saturated carbocycles. The second-order valence-corrected chi connectivity index (χ2v) is 5.40. The van der Waals surface area contributed by atoms with E-state index in [0.29, 0.717) is 17.5 Å². The smallest absolute Gasteiger partial charge is 0.242 e. The van der Waals surface area contributed by atoms with Crippen LogP contribution >= 0.6 is 11.6 Å². The Hall–Kier alpha value is -1.29. The van der Waals surface area contributed by atoms with E-state index in [1.54, 1.807) is 13.0 Å². The van der Waals surface area contributed by atoms with Gasteiger partial charge in [0, 0.05) is 11.6 Å². The number of anilines is 1. The summed E-state index contributed by atoms with van der Waals surface area (Å²) in [7, 11) is 0. The van der Waals surface area contributed by atoms with Crippen LogP contribution < -0.4 is 10.6 Å². The molecule has 1 aromatic rings. The van der Waals surface area contributed by atoms with E-state index in [1.807, 2.05) is 0 Å². The van der Waals surface area contributed by atoms with Gasteiger partial charge in [-0.25, -0.2) is 4.39 Å². The fourth-order valence-electron chi connectivity index (χ4n) is 1.54. The first-order chi connectivity index (χ1) is 8.90. The van der Waals surface area contributed by atoms with Crippen LogP contribution in [0.5, 0.6) is 0 Å². The Bertz CT molecular complexity index is 437. The largest absolute Gasteiger partial charge is 0.372 e. The lowest BCUT2D eigenvalue weighted by Gasteiger charge is -2.16. The van der Waals surface area contributed by atoms with Gasteiger partial charge in [0.1, 0.15) is 11.9 Å². The fraction of sp³-hybridized carbons (Fsp3) is 0.500. The molecule has 19 heavy (non-hydrogen) atoms. The van der Waals surface area contributed by atoms with Crippen LogP contribution in [0.3, 0.4) is 0 Å². The van der Waals surface area contributed by atoms with Crippen molar-refractivity contribution < 1.29 is 9.18 Å². The Kier molecular flexibility index (Phi) is 6.09. The first-order valence-electron chi connectivity index (χ1n) is 6.39. The molecule has 0 saturated heterocycles. The predicted molar refractivity (Wildman–Crippen MR) is 77.0 cm³/mol. The fourth-order valence-corrected chi connectivity index (χ4v) is 1.70. The molecule has 1 atom stereocenters. The Labute approximate surface area is 118 Å².